The van der Waals surface area contributed by atoms with Gasteiger partial charge in [0.05, 0.1) is 9.67 Å². The highest BCUT2D eigenvalue weighted by Gasteiger charge is 2.11. The number of imidazole rings is 1. The number of rotatable bonds is 4. The van der Waals surface area contributed by atoms with Gasteiger partial charge in [-0.3, -0.25) is 0 Å². The van der Waals surface area contributed by atoms with Crippen LogP contribution in [0.1, 0.15) is 16.4 Å². The predicted molar refractivity (Wildman–Crippen MR) is 87.5 cm³/mol. The molecule has 0 unspecified atom stereocenters. The first kappa shape index (κ1) is 14.0. The topological polar surface area (TPSA) is 30.7 Å². The Morgan fingerprint density at radius 2 is 2.10 bits per heavy atom. The molecule has 104 valence electrons. The summed E-state index contributed by atoms with van der Waals surface area (Å²) in [5.74, 6) is 1.29. The summed E-state index contributed by atoms with van der Waals surface area (Å²) in [6.07, 6.45) is 0.960. The van der Waals surface area contributed by atoms with Gasteiger partial charge in [-0.15, -0.1) is 22.9 Å². The van der Waals surface area contributed by atoms with Crippen LogP contribution < -0.4 is 0 Å². The molecule has 0 radical (unpaired) electrons. The molecule has 0 spiro atoms. The highest BCUT2D eigenvalue weighted by Crippen LogP contribution is 2.24. The summed E-state index contributed by atoms with van der Waals surface area (Å²) < 4.78 is 3.29. The van der Waals surface area contributed by atoms with Crippen LogP contribution in [0.15, 0.2) is 28.1 Å². The van der Waals surface area contributed by atoms with Gasteiger partial charge in [0.2, 0.25) is 0 Å². The largest absolute Gasteiger partial charge is 0.311 e. The van der Waals surface area contributed by atoms with Gasteiger partial charge in [0.25, 0.3) is 0 Å². The molecule has 0 saturated heterocycles. The Balaban J connectivity index is 1.94. The van der Waals surface area contributed by atoms with Gasteiger partial charge in [0.15, 0.2) is 5.65 Å². The number of halogens is 2. The molecule has 0 saturated carbocycles. The Labute approximate surface area is 134 Å². The minimum absolute atomic E-state index is 0.406. The van der Waals surface area contributed by atoms with Crippen LogP contribution in [0.25, 0.3) is 11.2 Å². The van der Waals surface area contributed by atoms with Gasteiger partial charge in [-0.1, -0.05) is 0 Å². The number of hydrogen-bond donors (Lipinski definition) is 0. The molecule has 3 nitrogen and oxygen atoms in total. The van der Waals surface area contributed by atoms with E-state index >= 15 is 0 Å². The number of thiophene rings is 1. The molecule has 0 aliphatic rings. The van der Waals surface area contributed by atoms with E-state index in [-0.39, 0.29) is 0 Å². The summed E-state index contributed by atoms with van der Waals surface area (Å²) in [5.41, 5.74) is 2.84. The van der Waals surface area contributed by atoms with Gasteiger partial charge < -0.3 is 4.57 Å². The Morgan fingerprint density at radius 1 is 1.25 bits per heavy atom. The summed E-state index contributed by atoms with van der Waals surface area (Å²) in [6.45, 7) is 2.84. The van der Waals surface area contributed by atoms with Crippen molar-refractivity contribution in [3.05, 3.63) is 44.4 Å². The number of alkyl halides is 1. The van der Waals surface area contributed by atoms with Gasteiger partial charge in [-0.05, 0) is 53.5 Å². The second-order valence-corrected chi connectivity index (χ2v) is 7.38. The van der Waals surface area contributed by atoms with Crippen molar-refractivity contribution in [2.24, 2.45) is 0 Å². The fourth-order valence-electron chi connectivity index (χ4n) is 2.19. The van der Waals surface area contributed by atoms with Crippen molar-refractivity contribution in [2.75, 3.05) is 0 Å². The molecule has 3 heterocycles. The van der Waals surface area contributed by atoms with Crippen LogP contribution in [-0.2, 0) is 18.8 Å². The van der Waals surface area contributed by atoms with E-state index in [2.05, 4.69) is 42.6 Å². The monoisotopic (exact) mass is 369 g/mol. The van der Waals surface area contributed by atoms with Crippen LogP contribution in [0.5, 0.6) is 0 Å². The SMILES string of the molecule is Cc1ccc2nc(CCl)n(CCc3ccc(Br)s3)c2n1. The van der Waals surface area contributed by atoms with Crippen molar-refractivity contribution in [3.63, 3.8) is 0 Å². The van der Waals surface area contributed by atoms with Gasteiger partial charge >= 0.3 is 0 Å². The fourth-order valence-corrected chi connectivity index (χ4v) is 3.86. The standard InChI is InChI=1S/C14H13BrClN3S/c1-9-2-4-11-14(17-9)19(13(8-16)18-11)7-6-10-3-5-12(15)20-10/h2-5H,6-8H2,1H3. The molecule has 0 bridgehead atoms. The third kappa shape index (κ3) is 2.75. The zero-order valence-corrected chi connectivity index (χ0v) is 14.1. The highest BCUT2D eigenvalue weighted by molar-refractivity contribution is 9.11. The predicted octanol–water partition coefficient (Wildman–Crippen LogP) is 4.55. The second-order valence-electron chi connectivity index (χ2n) is 4.56. The van der Waals surface area contributed by atoms with Crippen molar-refractivity contribution in [1.82, 2.24) is 14.5 Å². The van der Waals surface area contributed by atoms with Gasteiger partial charge in [0, 0.05) is 17.1 Å². The molecule has 3 aromatic heterocycles. The number of aromatic nitrogens is 3. The molecular weight excluding hydrogens is 358 g/mol. The van der Waals surface area contributed by atoms with E-state index in [4.69, 9.17) is 11.6 Å². The number of aryl methyl sites for hydroxylation is 3. The van der Waals surface area contributed by atoms with Crippen molar-refractivity contribution >= 4 is 50.0 Å². The van der Waals surface area contributed by atoms with E-state index in [0.717, 1.165) is 39.4 Å². The molecule has 0 aliphatic heterocycles. The maximum absolute atomic E-state index is 6.01. The van der Waals surface area contributed by atoms with E-state index in [1.54, 1.807) is 11.3 Å². The molecule has 6 heteroatoms. The van der Waals surface area contributed by atoms with Gasteiger partial charge in [-0.25, -0.2) is 9.97 Å². The van der Waals surface area contributed by atoms with E-state index in [1.165, 1.54) is 4.88 Å². The average molecular weight is 371 g/mol. The number of fused-ring (bicyclic) bond motifs is 1. The quantitative estimate of drug-likeness (QED) is 0.631. The van der Waals surface area contributed by atoms with Gasteiger partial charge in [0.1, 0.15) is 11.3 Å². The van der Waals surface area contributed by atoms with Crippen LogP contribution in [0.3, 0.4) is 0 Å². The molecule has 0 amide bonds. The summed E-state index contributed by atoms with van der Waals surface area (Å²) in [5, 5.41) is 0. The zero-order valence-electron chi connectivity index (χ0n) is 10.9. The number of hydrogen-bond acceptors (Lipinski definition) is 3. The maximum Gasteiger partial charge on any atom is 0.160 e. The molecule has 20 heavy (non-hydrogen) atoms. The first-order valence-electron chi connectivity index (χ1n) is 6.30. The summed E-state index contributed by atoms with van der Waals surface area (Å²) in [7, 11) is 0. The third-order valence-corrected chi connectivity index (χ3v) is 5.06. The third-order valence-electron chi connectivity index (χ3n) is 3.14. The van der Waals surface area contributed by atoms with Crippen molar-refractivity contribution < 1.29 is 0 Å². The molecule has 0 aliphatic carbocycles. The first-order chi connectivity index (χ1) is 9.67. The normalized spacial score (nSPS) is 11.3. The highest BCUT2D eigenvalue weighted by atomic mass is 79.9. The van der Waals surface area contributed by atoms with Crippen LogP contribution in [0.2, 0.25) is 0 Å². The molecule has 3 rings (SSSR count). The smallest absolute Gasteiger partial charge is 0.160 e. The fraction of sp³-hybridized carbons (Fsp3) is 0.286. The van der Waals surface area contributed by atoms with Crippen molar-refractivity contribution in [3.8, 4) is 0 Å². The Kier molecular flexibility index (Phi) is 4.10. The van der Waals surface area contributed by atoms with Crippen LogP contribution >= 0.6 is 38.9 Å². The van der Waals surface area contributed by atoms with Crippen LogP contribution in [-0.4, -0.2) is 14.5 Å². The van der Waals surface area contributed by atoms with E-state index in [9.17, 15) is 0 Å². The summed E-state index contributed by atoms with van der Waals surface area (Å²) in [4.78, 5) is 10.5. The average Bonchev–Trinajstić information content (AvgIpc) is 2.99. The molecule has 3 aromatic rings. The lowest BCUT2D eigenvalue weighted by Crippen LogP contribution is -2.05. The minimum Gasteiger partial charge on any atom is -0.311 e. The number of nitrogens with zero attached hydrogens (tertiary/aromatic N) is 3. The Morgan fingerprint density at radius 3 is 2.80 bits per heavy atom. The minimum atomic E-state index is 0.406. The van der Waals surface area contributed by atoms with Gasteiger partial charge in [-0.2, -0.15) is 0 Å². The Hall–Kier alpha value is -0.910. The maximum atomic E-state index is 6.01. The lowest BCUT2D eigenvalue weighted by molar-refractivity contribution is 0.687. The molecule has 0 N–H and O–H groups in total. The molecule has 0 aromatic carbocycles. The van der Waals surface area contributed by atoms with Crippen molar-refractivity contribution in [2.45, 2.75) is 25.8 Å². The van der Waals surface area contributed by atoms with Crippen LogP contribution in [0, 0.1) is 6.92 Å². The van der Waals surface area contributed by atoms with Crippen LogP contribution in [0.4, 0.5) is 0 Å². The Bertz CT molecular complexity index is 750. The molecular formula is C14H13BrClN3S. The zero-order chi connectivity index (χ0) is 14.1. The van der Waals surface area contributed by atoms with Crippen molar-refractivity contribution in [1.29, 1.82) is 0 Å². The first-order valence-corrected chi connectivity index (χ1v) is 8.44. The lowest BCUT2D eigenvalue weighted by atomic mass is 10.3. The summed E-state index contributed by atoms with van der Waals surface area (Å²) in [6, 6.07) is 8.21. The summed E-state index contributed by atoms with van der Waals surface area (Å²) >= 11 is 11.3. The number of pyridine rings is 1. The molecule has 0 fully saturated rings. The molecule has 0 atom stereocenters. The second kappa shape index (κ2) is 5.84. The van der Waals surface area contributed by atoms with E-state index in [0.29, 0.717) is 5.88 Å². The lowest BCUT2D eigenvalue weighted by Gasteiger charge is -2.06. The van der Waals surface area contributed by atoms with E-state index < -0.39 is 0 Å². The van der Waals surface area contributed by atoms with E-state index in [1.807, 2.05) is 19.1 Å².